The Morgan fingerprint density at radius 1 is 1.13 bits per heavy atom. The van der Waals surface area contributed by atoms with Crippen LogP contribution in [0.1, 0.15) is 31.2 Å². The van der Waals surface area contributed by atoms with Crippen LogP contribution in [0.4, 0.5) is 0 Å². The van der Waals surface area contributed by atoms with E-state index in [4.69, 9.17) is 4.74 Å². The standard InChI is InChI=1S/C14H16O/c1-2-14(12-8-4-3-5-9-12)13(15-14)10-6-7-11-13/h2-5,8-9H,1,6-7,10-11H2. The second-order valence-corrected chi connectivity index (χ2v) is 4.61. The van der Waals surface area contributed by atoms with Crippen LogP contribution in [-0.4, -0.2) is 5.60 Å². The largest absolute Gasteiger partial charge is 0.353 e. The van der Waals surface area contributed by atoms with Gasteiger partial charge in [0.25, 0.3) is 0 Å². The topological polar surface area (TPSA) is 12.5 Å². The Morgan fingerprint density at radius 2 is 1.80 bits per heavy atom. The van der Waals surface area contributed by atoms with E-state index in [9.17, 15) is 0 Å². The SMILES string of the molecule is C=CC1(c2ccccc2)OC12CCCC2. The van der Waals surface area contributed by atoms with Crippen LogP contribution in [0.2, 0.25) is 0 Å². The van der Waals surface area contributed by atoms with Gasteiger partial charge in [-0.15, -0.1) is 0 Å². The number of hydrogen-bond acceptors (Lipinski definition) is 1. The molecule has 1 spiro atoms. The van der Waals surface area contributed by atoms with Gasteiger partial charge in [-0.1, -0.05) is 55.8 Å². The summed E-state index contributed by atoms with van der Waals surface area (Å²) >= 11 is 0. The Morgan fingerprint density at radius 3 is 2.40 bits per heavy atom. The molecule has 2 aliphatic rings. The van der Waals surface area contributed by atoms with E-state index in [-0.39, 0.29) is 11.2 Å². The van der Waals surface area contributed by atoms with E-state index in [0.717, 1.165) is 0 Å². The monoisotopic (exact) mass is 200 g/mol. The normalized spacial score (nSPS) is 31.7. The van der Waals surface area contributed by atoms with E-state index in [1.165, 1.54) is 31.2 Å². The first-order valence-electron chi connectivity index (χ1n) is 5.72. The van der Waals surface area contributed by atoms with Crippen molar-refractivity contribution in [3.8, 4) is 0 Å². The molecule has 78 valence electrons. The zero-order valence-corrected chi connectivity index (χ0v) is 8.91. The molecule has 1 heterocycles. The second-order valence-electron chi connectivity index (χ2n) is 4.61. The van der Waals surface area contributed by atoms with Gasteiger partial charge in [0, 0.05) is 0 Å². The summed E-state index contributed by atoms with van der Waals surface area (Å²) in [4.78, 5) is 0. The summed E-state index contributed by atoms with van der Waals surface area (Å²) in [6, 6.07) is 10.5. The Hall–Kier alpha value is -1.08. The van der Waals surface area contributed by atoms with Gasteiger partial charge in [0.2, 0.25) is 0 Å². The molecule has 2 fully saturated rings. The maximum Gasteiger partial charge on any atom is 0.141 e. The van der Waals surface area contributed by atoms with Crippen molar-refractivity contribution in [2.75, 3.05) is 0 Å². The van der Waals surface area contributed by atoms with Gasteiger partial charge in [-0.05, 0) is 18.4 Å². The minimum atomic E-state index is -0.176. The molecule has 0 bridgehead atoms. The van der Waals surface area contributed by atoms with Gasteiger partial charge < -0.3 is 4.74 Å². The molecule has 1 heteroatoms. The maximum absolute atomic E-state index is 6.07. The number of hydrogen-bond donors (Lipinski definition) is 0. The van der Waals surface area contributed by atoms with Crippen molar-refractivity contribution in [2.45, 2.75) is 36.9 Å². The van der Waals surface area contributed by atoms with Gasteiger partial charge in [-0.3, -0.25) is 0 Å². The average Bonchev–Trinajstić information content (AvgIpc) is 2.67. The lowest BCUT2D eigenvalue weighted by Crippen LogP contribution is -2.18. The summed E-state index contributed by atoms with van der Waals surface area (Å²) in [5.74, 6) is 0. The van der Waals surface area contributed by atoms with Gasteiger partial charge in [0.05, 0.1) is 0 Å². The summed E-state index contributed by atoms with van der Waals surface area (Å²) in [6.45, 7) is 3.97. The molecule has 1 unspecified atom stereocenters. The first-order valence-corrected chi connectivity index (χ1v) is 5.72. The Kier molecular flexibility index (Phi) is 1.81. The third-order valence-electron chi connectivity index (χ3n) is 3.89. The molecule has 1 nitrogen and oxygen atoms in total. The quantitative estimate of drug-likeness (QED) is 0.526. The molecule has 1 atom stereocenters. The molecule has 1 aromatic carbocycles. The van der Waals surface area contributed by atoms with Crippen LogP contribution in [0.15, 0.2) is 43.0 Å². The Bertz CT molecular complexity index is 376. The number of epoxide rings is 1. The van der Waals surface area contributed by atoms with E-state index in [1.807, 2.05) is 12.1 Å². The van der Waals surface area contributed by atoms with Crippen LogP contribution >= 0.6 is 0 Å². The molecular formula is C14H16O. The van der Waals surface area contributed by atoms with Crippen LogP contribution in [0, 0.1) is 0 Å². The number of benzene rings is 1. The van der Waals surface area contributed by atoms with Crippen molar-refractivity contribution < 1.29 is 4.74 Å². The summed E-state index contributed by atoms with van der Waals surface area (Å²) in [5.41, 5.74) is 1.18. The molecule has 1 saturated carbocycles. The zero-order chi connectivity index (χ0) is 10.4. The zero-order valence-electron chi connectivity index (χ0n) is 8.91. The van der Waals surface area contributed by atoms with Gasteiger partial charge in [-0.2, -0.15) is 0 Å². The fourth-order valence-electron chi connectivity index (χ4n) is 3.06. The predicted molar refractivity (Wildman–Crippen MR) is 60.6 cm³/mol. The van der Waals surface area contributed by atoms with Crippen molar-refractivity contribution in [1.82, 2.24) is 0 Å². The molecule has 0 amide bonds. The van der Waals surface area contributed by atoms with Crippen molar-refractivity contribution in [3.05, 3.63) is 48.6 Å². The van der Waals surface area contributed by atoms with Crippen LogP contribution in [0.3, 0.4) is 0 Å². The number of ether oxygens (including phenoxy) is 1. The van der Waals surface area contributed by atoms with Gasteiger partial charge >= 0.3 is 0 Å². The first kappa shape index (κ1) is 9.17. The lowest BCUT2D eigenvalue weighted by molar-refractivity contribution is 0.281. The number of rotatable bonds is 2. The molecule has 1 aliphatic carbocycles. The van der Waals surface area contributed by atoms with Crippen LogP contribution in [0.5, 0.6) is 0 Å². The highest BCUT2D eigenvalue weighted by molar-refractivity contribution is 5.39. The van der Waals surface area contributed by atoms with E-state index < -0.39 is 0 Å². The van der Waals surface area contributed by atoms with Crippen molar-refractivity contribution in [1.29, 1.82) is 0 Å². The molecule has 1 aromatic rings. The highest BCUT2D eigenvalue weighted by atomic mass is 16.6. The minimum Gasteiger partial charge on any atom is -0.353 e. The summed E-state index contributed by atoms with van der Waals surface area (Å²) in [7, 11) is 0. The molecule has 0 radical (unpaired) electrons. The fraction of sp³-hybridized carbons (Fsp3) is 0.429. The highest BCUT2D eigenvalue weighted by Crippen LogP contribution is 2.64. The maximum atomic E-state index is 6.07. The van der Waals surface area contributed by atoms with Crippen LogP contribution in [-0.2, 0) is 10.3 Å². The lowest BCUT2D eigenvalue weighted by atomic mass is 9.85. The molecule has 1 aliphatic heterocycles. The van der Waals surface area contributed by atoms with E-state index in [1.54, 1.807) is 0 Å². The van der Waals surface area contributed by atoms with Crippen LogP contribution in [0.25, 0.3) is 0 Å². The average molecular weight is 200 g/mol. The third-order valence-corrected chi connectivity index (χ3v) is 3.89. The van der Waals surface area contributed by atoms with E-state index in [0.29, 0.717) is 0 Å². The molecule has 3 rings (SSSR count). The van der Waals surface area contributed by atoms with Gasteiger partial charge in [0.15, 0.2) is 0 Å². The Balaban J connectivity index is 2.00. The summed E-state index contributed by atoms with van der Waals surface area (Å²) < 4.78 is 6.07. The summed E-state index contributed by atoms with van der Waals surface area (Å²) in [6.07, 6.45) is 6.96. The Labute approximate surface area is 90.8 Å². The fourth-order valence-corrected chi connectivity index (χ4v) is 3.06. The lowest BCUT2D eigenvalue weighted by Gasteiger charge is -2.12. The van der Waals surface area contributed by atoms with Crippen molar-refractivity contribution in [2.24, 2.45) is 0 Å². The minimum absolute atomic E-state index is 0.0934. The third kappa shape index (κ3) is 1.07. The highest BCUT2D eigenvalue weighted by Gasteiger charge is 2.69. The van der Waals surface area contributed by atoms with Crippen molar-refractivity contribution >= 4 is 0 Å². The van der Waals surface area contributed by atoms with E-state index in [2.05, 4.69) is 30.8 Å². The van der Waals surface area contributed by atoms with Gasteiger partial charge in [0.1, 0.15) is 11.2 Å². The first-order chi connectivity index (χ1) is 7.33. The molecular weight excluding hydrogens is 184 g/mol. The molecule has 0 N–H and O–H groups in total. The van der Waals surface area contributed by atoms with Gasteiger partial charge in [-0.25, -0.2) is 0 Å². The second kappa shape index (κ2) is 2.96. The van der Waals surface area contributed by atoms with Crippen LogP contribution < -0.4 is 0 Å². The smallest absolute Gasteiger partial charge is 0.141 e. The van der Waals surface area contributed by atoms with E-state index >= 15 is 0 Å². The molecule has 1 saturated heterocycles. The summed E-state index contributed by atoms with van der Waals surface area (Å²) in [5, 5.41) is 0. The molecule has 0 aromatic heterocycles. The predicted octanol–water partition coefficient (Wildman–Crippen LogP) is 3.41. The molecule has 15 heavy (non-hydrogen) atoms. The van der Waals surface area contributed by atoms with Crippen molar-refractivity contribution in [3.63, 3.8) is 0 Å².